The maximum Gasteiger partial charge on any atom is 0.224 e. The summed E-state index contributed by atoms with van der Waals surface area (Å²) in [6.45, 7) is 4.24. The van der Waals surface area contributed by atoms with Crippen LogP contribution in [0.2, 0.25) is 0 Å². The summed E-state index contributed by atoms with van der Waals surface area (Å²) in [5.74, 6) is -1.82. The van der Waals surface area contributed by atoms with Crippen LogP contribution in [-0.4, -0.2) is 17.6 Å². The number of rotatable bonds is 7. The highest BCUT2D eigenvalue weighted by atomic mass is 32.1. The van der Waals surface area contributed by atoms with Crippen LogP contribution < -0.4 is 5.32 Å². The molecule has 0 atom stereocenters. The van der Waals surface area contributed by atoms with Gasteiger partial charge in [-0.3, -0.25) is 4.79 Å². The number of hydrogen-bond acceptors (Lipinski definition) is 3. The van der Waals surface area contributed by atoms with Crippen molar-refractivity contribution in [2.24, 2.45) is 0 Å². The molecule has 0 radical (unpaired) electrons. The van der Waals surface area contributed by atoms with Gasteiger partial charge in [0.05, 0.1) is 12.3 Å². The van der Waals surface area contributed by atoms with Crippen LogP contribution in [0.25, 0.3) is 0 Å². The highest BCUT2D eigenvalue weighted by molar-refractivity contribution is 7.80. The van der Waals surface area contributed by atoms with Gasteiger partial charge in [-0.05, 0) is 36.7 Å². The van der Waals surface area contributed by atoms with Crippen molar-refractivity contribution in [1.82, 2.24) is 0 Å². The third-order valence-corrected chi connectivity index (χ3v) is 2.95. The fraction of sp³-hybridized carbons (Fsp3) is 0.467. The Morgan fingerprint density at radius 2 is 1.95 bits per heavy atom. The minimum Gasteiger partial charge on any atom is -0.487 e. The molecule has 6 heteroatoms. The van der Waals surface area contributed by atoms with E-state index >= 15 is 0 Å². The molecule has 3 nitrogen and oxygen atoms in total. The number of carbonyl (C=O) groups is 1. The second-order valence-corrected chi connectivity index (χ2v) is 5.07. The summed E-state index contributed by atoms with van der Waals surface area (Å²) < 4.78 is 32.6. The molecule has 21 heavy (non-hydrogen) atoms. The molecular formula is C15H19F2NO2S. The Hall–Kier alpha value is -1.56. The number of hydrogen-bond donors (Lipinski definition) is 1. The number of carbonyl (C=O) groups excluding carboxylic acids is 1. The number of nitrogens with one attached hydrogen (secondary N) is 1. The molecule has 0 heterocycles. The summed E-state index contributed by atoms with van der Waals surface area (Å²) in [7, 11) is 0. The Kier molecular flexibility index (Phi) is 7.22. The number of benzene rings is 1. The molecule has 0 fully saturated rings. The summed E-state index contributed by atoms with van der Waals surface area (Å²) in [6, 6.07) is 2.01. The monoisotopic (exact) mass is 315 g/mol. The summed E-state index contributed by atoms with van der Waals surface area (Å²) >= 11 is 5.00. The maximum absolute atomic E-state index is 13.7. The molecule has 0 spiro atoms. The van der Waals surface area contributed by atoms with Gasteiger partial charge >= 0.3 is 0 Å². The van der Waals surface area contributed by atoms with Crippen LogP contribution in [0.1, 0.15) is 38.7 Å². The first kappa shape index (κ1) is 17.5. The van der Waals surface area contributed by atoms with Crippen molar-refractivity contribution in [2.45, 2.75) is 39.5 Å². The maximum atomic E-state index is 13.7. The van der Waals surface area contributed by atoms with Crippen molar-refractivity contribution >= 4 is 28.9 Å². The molecular weight excluding hydrogens is 296 g/mol. The molecule has 0 saturated heterocycles. The van der Waals surface area contributed by atoms with Gasteiger partial charge in [-0.15, -0.1) is 0 Å². The van der Waals surface area contributed by atoms with Crippen molar-refractivity contribution in [3.05, 3.63) is 29.3 Å². The van der Waals surface area contributed by atoms with Crippen molar-refractivity contribution in [3.8, 4) is 0 Å². The van der Waals surface area contributed by atoms with Gasteiger partial charge < -0.3 is 10.1 Å². The highest BCUT2D eigenvalue weighted by Gasteiger charge is 2.13. The first-order valence-electron chi connectivity index (χ1n) is 6.91. The van der Waals surface area contributed by atoms with Crippen LogP contribution in [0, 0.1) is 11.6 Å². The summed E-state index contributed by atoms with van der Waals surface area (Å²) in [5.41, 5.74) is 0.160. The Morgan fingerprint density at radius 1 is 1.24 bits per heavy atom. The molecule has 0 saturated carbocycles. The average Bonchev–Trinajstić information content (AvgIpc) is 2.42. The number of thiocarbonyl (C=S) groups is 1. The zero-order valence-electron chi connectivity index (χ0n) is 12.2. The molecule has 116 valence electrons. The van der Waals surface area contributed by atoms with E-state index in [4.69, 9.17) is 17.0 Å². The van der Waals surface area contributed by atoms with E-state index in [0.29, 0.717) is 13.0 Å². The van der Waals surface area contributed by atoms with E-state index in [1.807, 2.05) is 13.8 Å². The minimum atomic E-state index is -0.805. The first-order valence-corrected chi connectivity index (χ1v) is 7.32. The molecule has 0 aliphatic carbocycles. The Balaban J connectivity index is 2.85. The molecule has 1 aromatic rings. The largest absolute Gasteiger partial charge is 0.487 e. The molecule has 1 rings (SSSR count). The number of anilines is 1. The van der Waals surface area contributed by atoms with E-state index < -0.39 is 11.6 Å². The van der Waals surface area contributed by atoms with Crippen LogP contribution >= 0.6 is 12.2 Å². The first-order chi connectivity index (χ1) is 9.97. The zero-order chi connectivity index (χ0) is 15.8. The van der Waals surface area contributed by atoms with Crippen LogP contribution in [0.4, 0.5) is 14.5 Å². The normalized spacial score (nSPS) is 10.3. The van der Waals surface area contributed by atoms with Gasteiger partial charge in [0.15, 0.2) is 5.05 Å². The number of ether oxygens (including phenoxy) is 1. The smallest absolute Gasteiger partial charge is 0.224 e. The van der Waals surface area contributed by atoms with E-state index in [0.717, 1.165) is 12.5 Å². The van der Waals surface area contributed by atoms with Crippen molar-refractivity contribution < 1.29 is 18.3 Å². The minimum absolute atomic E-state index is 0.0388. The molecule has 1 N–H and O–H groups in total. The van der Waals surface area contributed by atoms with E-state index in [1.165, 1.54) is 6.07 Å². The fourth-order valence-corrected chi connectivity index (χ4v) is 1.93. The Morgan fingerprint density at radius 3 is 2.57 bits per heavy atom. The third-order valence-electron chi connectivity index (χ3n) is 2.69. The van der Waals surface area contributed by atoms with Crippen molar-refractivity contribution in [3.63, 3.8) is 0 Å². The predicted molar refractivity (Wildman–Crippen MR) is 82.4 cm³/mol. The quantitative estimate of drug-likeness (QED) is 0.773. The molecule has 1 amide bonds. The van der Waals surface area contributed by atoms with Gasteiger partial charge in [0, 0.05) is 18.9 Å². The molecule has 1 aromatic carbocycles. The van der Waals surface area contributed by atoms with E-state index in [1.54, 1.807) is 0 Å². The standard InChI is InChI=1S/C15H19F2NO2S/c1-3-5-14(19)18-13-7-10(11(16)9-12(13)17)8-15(21)20-6-4-2/h7,9H,3-6,8H2,1-2H3,(H,18,19). The SMILES string of the molecule is CCCOC(=S)Cc1cc(NC(=O)CCC)c(F)cc1F. The summed E-state index contributed by atoms with van der Waals surface area (Å²) in [5, 5.41) is 2.67. The molecule has 0 aromatic heterocycles. The number of halogens is 2. The van der Waals surface area contributed by atoms with Gasteiger partial charge in [0.2, 0.25) is 5.91 Å². The fourth-order valence-electron chi connectivity index (χ4n) is 1.69. The van der Waals surface area contributed by atoms with Crippen LogP contribution in [0.3, 0.4) is 0 Å². The predicted octanol–water partition coefficient (Wildman–Crippen LogP) is 4.00. The summed E-state index contributed by atoms with van der Waals surface area (Å²) in [6.07, 6.45) is 1.79. The molecule has 0 unspecified atom stereocenters. The molecule has 0 bridgehead atoms. The lowest BCUT2D eigenvalue weighted by Crippen LogP contribution is -2.14. The van der Waals surface area contributed by atoms with Crippen LogP contribution in [-0.2, 0) is 16.0 Å². The topological polar surface area (TPSA) is 38.3 Å². The second kappa shape index (κ2) is 8.67. The van der Waals surface area contributed by atoms with E-state index in [2.05, 4.69) is 5.32 Å². The average molecular weight is 315 g/mol. The molecule has 0 aliphatic heterocycles. The van der Waals surface area contributed by atoms with Crippen LogP contribution in [0.15, 0.2) is 12.1 Å². The summed E-state index contributed by atoms with van der Waals surface area (Å²) in [4.78, 5) is 11.5. The second-order valence-electron chi connectivity index (χ2n) is 4.62. The zero-order valence-corrected chi connectivity index (χ0v) is 13.0. The van der Waals surface area contributed by atoms with Gasteiger partial charge in [-0.2, -0.15) is 0 Å². The van der Waals surface area contributed by atoms with Gasteiger partial charge in [-0.25, -0.2) is 8.78 Å². The van der Waals surface area contributed by atoms with Crippen molar-refractivity contribution in [1.29, 1.82) is 0 Å². The van der Waals surface area contributed by atoms with Crippen molar-refractivity contribution in [2.75, 3.05) is 11.9 Å². The van der Waals surface area contributed by atoms with E-state index in [9.17, 15) is 13.6 Å². The third kappa shape index (κ3) is 5.75. The lowest BCUT2D eigenvalue weighted by molar-refractivity contribution is -0.116. The highest BCUT2D eigenvalue weighted by Crippen LogP contribution is 2.21. The Bertz CT molecular complexity index is 521. The van der Waals surface area contributed by atoms with Gasteiger partial charge in [0.25, 0.3) is 0 Å². The Labute approximate surface area is 128 Å². The van der Waals surface area contributed by atoms with Gasteiger partial charge in [0.1, 0.15) is 11.6 Å². The number of amides is 1. The molecule has 0 aliphatic rings. The van der Waals surface area contributed by atoms with E-state index in [-0.39, 0.29) is 35.1 Å². The van der Waals surface area contributed by atoms with Gasteiger partial charge in [-0.1, -0.05) is 13.8 Å². The lowest BCUT2D eigenvalue weighted by Gasteiger charge is -2.11. The lowest BCUT2D eigenvalue weighted by atomic mass is 10.1. The van der Waals surface area contributed by atoms with Crippen LogP contribution in [0.5, 0.6) is 0 Å².